The number of aromatic nitrogens is 2. The van der Waals surface area contributed by atoms with Gasteiger partial charge in [-0.2, -0.15) is 4.98 Å². The maximum absolute atomic E-state index is 6.18. The fourth-order valence-electron chi connectivity index (χ4n) is 2.99. The molecule has 2 aromatic rings. The minimum atomic E-state index is 0.277. The minimum Gasteiger partial charge on any atom is -0.339 e. The van der Waals surface area contributed by atoms with Crippen LogP contribution in [-0.4, -0.2) is 16.2 Å². The summed E-state index contributed by atoms with van der Waals surface area (Å²) >= 11 is 3.47. The van der Waals surface area contributed by atoms with Crippen molar-refractivity contribution in [2.45, 2.75) is 44.6 Å². The molecular weight excluding hydrogens is 330 g/mol. The second-order valence-electron chi connectivity index (χ2n) is 5.82. The van der Waals surface area contributed by atoms with Crippen molar-refractivity contribution in [3.8, 4) is 0 Å². The molecule has 1 aromatic carbocycles. The van der Waals surface area contributed by atoms with Gasteiger partial charge in [-0.05, 0) is 36.5 Å². The Morgan fingerprint density at radius 3 is 2.95 bits per heavy atom. The Labute approximate surface area is 133 Å². The zero-order chi connectivity index (χ0) is 14.7. The van der Waals surface area contributed by atoms with Crippen LogP contribution in [0.3, 0.4) is 0 Å². The first kappa shape index (κ1) is 14.7. The zero-order valence-electron chi connectivity index (χ0n) is 12.0. The molecule has 0 amide bonds. The predicted molar refractivity (Wildman–Crippen MR) is 84.9 cm³/mol. The SMILES string of the molecule is NC1CCCCC1Cc1nc(Cc2cccc(Br)c2)no1. The molecule has 0 radical (unpaired) electrons. The van der Waals surface area contributed by atoms with Crippen LogP contribution >= 0.6 is 15.9 Å². The Morgan fingerprint density at radius 2 is 2.14 bits per heavy atom. The van der Waals surface area contributed by atoms with E-state index in [4.69, 9.17) is 10.3 Å². The van der Waals surface area contributed by atoms with Crippen LogP contribution < -0.4 is 5.73 Å². The molecule has 0 spiro atoms. The molecule has 4 nitrogen and oxygen atoms in total. The summed E-state index contributed by atoms with van der Waals surface area (Å²) in [5.74, 6) is 1.95. The molecule has 112 valence electrons. The molecule has 1 aliphatic carbocycles. The smallest absolute Gasteiger partial charge is 0.226 e. The fourth-order valence-corrected chi connectivity index (χ4v) is 3.44. The number of rotatable bonds is 4. The standard InChI is InChI=1S/C16H20BrN3O/c17-13-6-3-4-11(8-13)9-15-19-16(21-20-15)10-12-5-1-2-7-14(12)18/h3-4,6,8,12,14H,1-2,5,7,9-10,18H2. The third-order valence-corrected chi connectivity index (χ3v) is 4.66. The highest BCUT2D eigenvalue weighted by Crippen LogP contribution is 2.26. The lowest BCUT2D eigenvalue weighted by atomic mass is 9.83. The molecule has 1 aliphatic rings. The summed E-state index contributed by atoms with van der Waals surface area (Å²) in [6.07, 6.45) is 6.30. The second kappa shape index (κ2) is 6.71. The predicted octanol–water partition coefficient (Wildman–Crippen LogP) is 3.48. The molecule has 0 aliphatic heterocycles. The molecule has 0 bridgehead atoms. The van der Waals surface area contributed by atoms with E-state index in [9.17, 15) is 0 Å². The zero-order valence-corrected chi connectivity index (χ0v) is 13.6. The van der Waals surface area contributed by atoms with E-state index in [2.05, 4.69) is 38.2 Å². The van der Waals surface area contributed by atoms with Gasteiger partial charge in [-0.15, -0.1) is 0 Å². The third kappa shape index (κ3) is 3.92. The summed E-state index contributed by atoms with van der Waals surface area (Å²) in [5.41, 5.74) is 7.35. The molecule has 2 N–H and O–H groups in total. The van der Waals surface area contributed by atoms with Crippen molar-refractivity contribution < 1.29 is 4.52 Å². The van der Waals surface area contributed by atoms with E-state index in [1.165, 1.54) is 24.8 Å². The van der Waals surface area contributed by atoms with Gasteiger partial charge in [-0.1, -0.05) is 46.1 Å². The van der Waals surface area contributed by atoms with E-state index in [-0.39, 0.29) is 6.04 Å². The van der Waals surface area contributed by atoms with Crippen molar-refractivity contribution in [1.82, 2.24) is 10.1 Å². The summed E-state index contributed by atoms with van der Waals surface area (Å²) in [4.78, 5) is 4.52. The van der Waals surface area contributed by atoms with E-state index < -0.39 is 0 Å². The lowest BCUT2D eigenvalue weighted by Crippen LogP contribution is -2.34. The summed E-state index contributed by atoms with van der Waals surface area (Å²) in [6.45, 7) is 0. The summed E-state index contributed by atoms with van der Waals surface area (Å²) < 4.78 is 6.46. The van der Waals surface area contributed by atoms with Gasteiger partial charge < -0.3 is 10.3 Å². The lowest BCUT2D eigenvalue weighted by Gasteiger charge is -2.27. The van der Waals surface area contributed by atoms with Gasteiger partial charge in [0, 0.05) is 23.4 Å². The van der Waals surface area contributed by atoms with Crippen LogP contribution in [0, 0.1) is 5.92 Å². The van der Waals surface area contributed by atoms with Crippen LogP contribution in [0.15, 0.2) is 33.3 Å². The molecule has 0 saturated heterocycles. The van der Waals surface area contributed by atoms with E-state index in [1.807, 2.05) is 12.1 Å². The molecule has 1 saturated carbocycles. The summed E-state index contributed by atoms with van der Waals surface area (Å²) in [6, 6.07) is 8.45. The average Bonchev–Trinajstić information content (AvgIpc) is 2.89. The highest BCUT2D eigenvalue weighted by atomic mass is 79.9. The average molecular weight is 350 g/mol. The van der Waals surface area contributed by atoms with Crippen LogP contribution in [0.5, 0.6) is 0 Å². The van der Waals surface area contributed by atoms with Gasteiger partial charge in [0.25, 0.3) is 0 Å². The quantitative estimate of drug-likeness (QED) is 0.917. The molecule has 2 atom stereocenters. The molecule has 2 unspecified atom stereocenters. The number of hydrogen-bond donors (Lipinski definition) is 1. The molecule has 21 heavy (non-hydrogen) atoms. The maximum atomic E-state index is 6.18. The number of benzene rings is 1. The Bertz CT molecular complexity index is 599. The van der Waals surface area contributed by atoms with Gasteiger partial charge in [0.05, 0.1) is 0 Å². The van der Waals surface area contributed by atoms with Gasteiger partial charge >= 0.3 is 0 Å². The number of nitrogens with zero attached hydrogens (tertiary/aromatic N) is 2. The Morgan fingerprint density at radius 1 is 1.29 bits per heavy atom. The highest BCUT2D eigenvalue weighted by Gasteiger charge is 2.24. The first-order valence-electron chi connectivity index (χ1n) is 7.52. The van der Waals surface area contributed by atoms with Crippen molar-refractivity contribution in [1.29, 1.82) is 0 Å². The monoisotopic (exact) mass is 349 g/mol. The van der Waals surface area contributed by atoms with Crippen LogP contribution in [-0.2, 0) is 12.8 Å². The van der Waals surface area contributed by atoms with Gasteiger partial charge in [0.2, 0.25) is 5.89 Å². The molecule has 1 heterocycles. The number of halogens is 1. The van der Waals surface area contributed by atoms with E-state index >= 15 is 0 Å². The first-order valence-corrected chi connectivity index (χ1v) is 8.31. The Hall–Kier alpha value is -1.20. The van der Waals surface area contributed by atoms with Crippen LogP contribution in [0.25, 0.3) is 0 Å². The van der Waals surface area contributed by atoms with Crippen molar-refractivity contribution in [2.24, 2.45) is 11.7 Å². The molecular formula is C16H20BrN3O. The first-order chi connectivity index (χ1) is 10.2. The topological polar surface area (TPSA) is 64.9 Å². The van der Waals surface area contributed by atoms with Crippen molar-refractivity contribution in [2.75, 3.05) is 0 Å². The summed E-state index contributed by atoms with van der Waals surface area (Å²) in [7, 11) is 0. The largest absolute Gasteiger partial charge is 0.339 e. The van der Waals surface area contributed by atoms with Crippen molar-refractivity contribution in [3.05, 3.63) is 46.0 Å². The Balaban J connectivity index is 1.63. The summed E-state index contributed by atoms with van der Waals surface area (Å²) in [5, 5.41) is 4.09. The van der Waals surface area contributed by atoms with E-state index in [0.717, 1.165) is 29.0 Å². The van der Waals surface area contributed by atoms with Crippen LogP contribution in [0.2, 0.25) is 0 Å². The Kier molecular flexibility index (Phi) is 4.70. The number of nitrogens with two attached hydrogens (primary N) is 1. The van der Waals surface area contributed by atoms with Gasteiger partial charge in [-0.3, -0.25) is 0 Å². The molecule has 5 heteroatoms. The molecule has 1 aromatic heterocycles. The van der Waals surface area contributed by atoms with E-state index in [1.54, 1.807) is 0 Å². The number of hydrogen-bond acceptors (Lipinski definition) is 4. The molecule has 1 fully saturated rings. The van der Waals surface area contributed by atoms with E-state index in [0.29, 0.717) is 12.3 Å². The van der Waals surface area contributed by atoms with Gasteiger partial charge in [0.15, 0.2) is 5.82 Å². The maximum Gasteiger partial charge on any atom is 0.226 e. The van der Waals surface area contributed by atoms with Crippen molar-refractivity contribution in [3.63, 3.8) is 0 Å². The third-order valence-electron chi connectivity index (χ3n) is 4.17. The lowest BCUT2D eigenvalue weighted by molar-refractivity contribution is 0.273. The van der Waals surface area contributed by atoms with Crippen molar-refractivity contribution >= 4 is 15.9 Å². The van der Waals surface area contributed by atoms with Gasteiger partial charge in [0.1, 0.15) is 0 Å². The fraction of sp³-hybridized carbons (Fsp3) is 0.500. The second-order valence-corrected chi connectivity index (χ2v) is 6.74. The highest BCUT2D eigenvalue weighted by molar-refractivity contribution is 9.10. The normalized spacial score (nSPS) is 22.4. The molecule has 3 rings (SSSR count). The van der Waals surface area contributed by atoms with Gasteiger partial charge in [-0.25, -0.2) is 0 Å². The minimum absolute atomic E-state index is 0.277. The van der Waals surface area contributed by atoms with Crippen LogP contribution in [0.1, 0.15) is 43.0 Å². The van der Waals surface area contributed by atoms with Crippen LogP contribution in [0.4, 0.5) is 0 Å².